The van der Waals surface area contributed by atoms with Gasteiger partial charge in [-0.3, -0.25) is 4.79 Å². The fourth-order valence-electron chi connectivity index (χ4n) is 3.22. The first-order valence-corrected chi connectivity index (χ1v) is 8.25. The smallest absolute Gasteiger partial charge is 0.227 e. The topological polar surface area (TPSA) is 67.8 Å². The highest BCUT2D eigenvalue weighted by Gasteiger charge is 2.38. The first kappa shape index (κ1) is 16.0. The monoisotopic (exact) mass is 320 g/mol. The van der Waals surface area contributed by atoms with E-state index in [1.165, 1.54) is 6.33 Å². The molecule has 1 aromatic rings. The molecule has 3 heterocycles. The van der Waals surface area contributed by atoms with E-state index in [-0.39, 0.29) is 11.8 Å². The van der Waals surface area contributed by atoms with Gasteiger partial charge in [0.2, 0.25) is 11.8 Å². The number of amides is 1. The zero-order valence-corrected chi connectivity index (χ0v) is 13.8. The zero-order valence-electron chi connectivity index (χ0n) is 13.8. The lowest BCUT2D eigenvalue weighted by atomic mass is 9.96. The number of ether oxygens (including phenoxy) is 2. The summed E-state index contributed by atoms with van der Waals surface area (Å²) in [6, 6.07) is 1.85. The summed E-state index contributed by atoms with van der Waals surface area (Å²) < 4.78 is 10.8. The van der Waals surface area contributed by atoms with Gasteiger partial charge in [-0.25, -0.2) is 9.97 Å². The van der Waals surface area contributed by atoms with Crippen LogP contribution in [0.1, 0.15) is 13.8 Å². The lowest BCUT2D eigenvalue weighted by molar-refractivity contribution is -0.140. The van der Waals surface area contributed by atoms with Crippen molar-refractivity contribution in [2.24, 2.45) is 11.8 Å². The Labute approximate surface area is 136 Å². The highest BCUT2D eigenvalue weighted by atomic mass is 16.5. The number of carbonyl (C=O) groups is 1. The number of morpholine rings is 1. The van der Waals surface area contributed by atoms with Crippen molar-refractivity contribution >= 4 is 11.7 Å². The molecule has 126 valence electrons. The molecule has 2 saturated heterocycles. The Morgan fingerprint density at radius 2 is 2.13 bits per heavy atom. The van der Waals surface area contributed by atoms with Gasteiger partial charge in [-0.2, -0.15) is 0 Å². The maximum absolute atomic E-state index is 12.7. The van der Waals surface area contributed by atoms with E-state index in [1.54, 1.807) is 0 Å². The van der Waals surface area contributed by atoms with Crippen LogP contribution < -0.4 is 9.64 Å². The van der Waals surface area contributed by atoms with Crippen LogP contribution in [-0.2, 0) is 9.53 Å². The summed E-state index contributed by atoms with van der Waals surface area (Å²) >= 11 is 0. The van der Waals surface area contributed by atoms with Crippen molar-refractivity contribution in [3.63, 3.8) is 0 Å². The number of anilines is 1. The van der Waals surface area contributed by atoms with E-state index in [4.69, 9.17) is 9.47 Å². The second-order valence-corrected chi connectivity index (χ2v) is 6.07. The average molecular weight is 320 g/mol. The van der Waals surface area contributed by atoms with Crippen molar-refractivity contribution in [1.82, 2.24) is 14.9 Å². The van der Waals surface area contributed by atoms with Crippen LogP contribution >= 0.6 is 0 Å². The predicted octanol–water partition coefficient (Wildman–Crippen LogP) is 0.806. The first-order chi connectivity index (χ1) is 11.2. The number of carbonyl (C=O) groups excluding carboxylic acids is 1. The fraction of sp³-hybridized carbons (Fsp3) is 0.688. The molecule has 2 aliphatic rings. The van der Waals surface area contributed by atoms with E-state index in [9.17, 15) is 4.79 Å². The van der Waals surface area contributed by atoms with Crippen molar-refractivity contribution in [2.45, 2.75) is 13.8 Å². The SMILES string of the molecule is CCOc1cc(N2C[C@@H](C)[C@H](C(=O)N3CCOCC3)C2)ncn1. The van der Waals surface area contributed by atoms with Crippen molar-refractivity contribution in [2.75, 3.05) is 50.9 Å². The van der Waals surface area contributed by atoms with Crippen LogP contribution in [0.25, 0.3) is 0 Å². The van der Waals surface area contributed by atoms with Crippen LogP contribution in [0, 0.1) is 11.8 Å². The van der Waals surface area contributed by atoms with E-state index in [2.05, 4.69) is 21.8 Å². The molecule has 0 saturated carbocycles. The van der Waals surface area contributed by atoms with Gasteiger partial charge >= 0.3 is 0 Å². The Bertz CT molecular complexity index is 548. The molecule has 2 atom stereocenters. The quantitative estimate of drug-likeness (QED) is 0.818. The lowest BCUT2D eigenvalue weighted by Gasteiger charge is -2.30. The van der Waals surface area contributed by atoms with Crippen LogP contribution in [0.4, 0.5) is 5.82 Å². The average Bonchev–Trinajstić information content (AvgIpc) is 2.97. The summed E-state index contributed by atoms with van der Waals surface area (Å²) in [7, 11) is 0. The Morgan fingerprint density at radius 3 is 2.87 bits per heavy atom. The standard InChI is InChI=1S/C16H24N4O3/c1-3-23-15-8-14(17-11-18-15)20-9-12(2)13(10-20)16(21)19-4-6-22-7-5-19/h8,11-13H,3-7,9-10H2,1-2H3/t12-,13-/m1/s1. The van der Waals surface area contributed by atoms with Gasteiger partial charge in [0.05, 0.1) is 25.7 Å². The normalized spacial score (nSPS) is 24.8. The number of nitrogens with zero attached hydrogens (tertiary/aromatic N) is 4. The molecule has 2 aliphatic heterocycles. The predicted molar refractivity (Wildman–Crippen MR) is 85.5 cm³/mol. The van der Waals surface area contributed by atoms with Crippen LogP contribution in [0.15, 0.2) is 12.4 Å². The molecule has 7 nitrogen and oxygen atoms in total. The lowest BCUT2D eigenvalue weighted by Crippen LogP contribution is -2.45. The minimum atomic E-state index is 0.0126. The van der Waals surface area contributed by atoms with Gasteiger partial charge in [-0.1, -0.05) is 6.92 Å². The highest BCUT2D eigenvalue weighted by Crippen LogP contribution is 2.29. The molecule has 0 unspecified atom stereocenters. The molecule has 0 bridgehead atoms. The van der Waals surface area contributed by atoms with Crippen LogP contribution in [0.3, 0.4) is 0 Å². The van der Waals surface area contributed by atoms with Crippen molar-refractivity contribution in [3.05, 3.63) is 12.4 Å². The molecule has 0 N–H and O–H groups in total. The molecular formula is C16H24N4O3. The summed E-state index contributed by atoms with van der Waals surface area (Å²) in [4.78, 5) is 25.3. The summed E-state index contributed by atoms with van der Waals surface area (Å²) in [6.45, 7) is 8.83. The van der Waals surface area contributed by atoms with Crippen LogP contribution in [0.2, 0.25) is 0 Å². The largest absolute Gasteiger partial charge is 0.478 e. The Balaban J connectivity index is 1.68. The summed E-state index contributed by atoms with van der Waals surface area (Å²) in [5.74, 6) is 1.96. The van der Waals surface area contributed by atoms with E-state index in [1.807, 2.05) is 17.9 Å². The minimum Gasteiger partial charge on any atom is -0.478 e. The van der Waals surface area contributed by atoms with E-state index < -0.39 is 0 Å². The van der Waals surface area contributed by atoms with Gasteiger partial charge in [0.25, 0.3) is 0 Å². The highest BCUT2D eigenvalue weighted by molar-refractivity contribution is 5.80. The number of hydrogen-bond acceptors (Lipinski definition) is 6. The van der Waals surface area contributed by atoms with Gasteiger partial charge in [-0.15, -0.1) is 0 Å². The van der Waals surface area contributed by atoms with E-state index >= 15 is 0 Å². The maximum Gasteiger partial charge on any atom is 0.227 e. The third-order valence-electron chi connectivity index (χ3n) is 4.50. The molecule has 1 aromatic heterocycles. The molecule has 1 amide bonds. The molecule has 0 aromatic carbocycles. The summed E-state index contributed by atoms with van der Waals surface area (Å²) in [6.07, 6.45) is 1.52. The van der Waals surface area contributed by atoms with E-state index in [0.29, 0.717) is 51.3 Å². The molecule has 2 fully saturated rings. The second kappa shape index (κ2) is 7.12. The van der Waals surface area contributed by atoms with Gasteiger partial charge < -0.3 is 19.3 Å². The van der Waals surface area contributed by atoms with Crippen LogP contribution in [-0.4, -0.2) is 66.8 Å². The maximum atomic E-state index is 12.7. The molecule has 0 aliphatic carbocycles. The molecule has 0 radical (unpaired) electrons. The van der Waals surface area contributed by atoms with Crippen molar-refractivity contribution < 1.29 is 14.3 Å². The summed E-state index contributed by atoms with van der Waals surface area (Å²) in [5.41, 5.74) is 0. The fourth-order valence-corrected chi connectivity index (χ4v) is 3.22. The Hall–Kier alpha value is -1.89. The van der Waals surface area contributed by atoms with Gasteiger partial charge in [0, 0.05) is 32.2 Å². The second-order valence-electron chi connectivity index (χ2n) is 6.07. The molecule has 3 rings (SSSR count). The number of aromatic nitrogens is 2. The van der Waals surface area contributed by atoms with Gasteiger partial charge in [0.15, 0.2) is 0 Å². The van der Waals surface area contributed by atoms with Gasteiger partial charge in [-0.05, 0) is 12.8 Å². The number of rotatable bonds is 4. The Kier molecular flexibility index (Phi) is 4.95. The van der Waals surface area contributed by atoms with Crippen LogP contribution in [0.5, 0.6) is 5.88 Å². The van der Waals surface area contributed by atoms with Crippen molar-refractivity contribution in [1.29, 1.82) is 0 Å². The molecule has 0 spiro atoms. The molecular weight excluding hydrogens is 296 g/mol. The molecule has 23 heavy (non-hydrogen) atoms. The zero-order chi connectivity index (χ0) is 16.2. The van der Waals surface area contributed by atoms with Crippen molar-refractivity contribution in [3.8, 4) is 5.88 Å². The summed E-state index contributed by atoms with van der Waals surface area (Å²) in [5, 5.41) is 0. The number of hydrogen-bond donors (Lipinski definition) is 0. The minimum absolute atomic E-state index is 0.0126. The molecule has 7 heteroatoms. The van der Waals surface area contributed by atoms with Gasteiger partial charge in [0.1, 0.15) is 12.1 Å². The third kappa shape index (κ3) is 3.55. The Morgan fingerprint density at radius 1 is 1.35 bits per heavy atom. The first-order valence-electron chi connectivity index (χ1n) is 8.25. The third-order valence-corrected chi connectivity index (χ3v) is 4.50. The van der Waals surface area contributed by atoms with E-state index in [0.717, 1.165) is 12.4 Å².